The van der Waals surface area contributed by atoms with Crippen LogP contribution in [-0.4, -0.2) is 19.8 Å². The van der Waals surface area contributed by atoms with Gasteiger partial charge in [-0.05, 0) is 46.6 Å². The van der Waals surface area contributed by atoms with Crippen LogP contribution in [0.15, 0.2) is 62.4 Å². The minimum atomic E-state index is -3.57. The summed E-state index contributed by atoms with van der Waals surface area (Å²) in [5.74, 6) is 0. The zero-order chi connectivity index (χ0) is 15.6. The fourth-order valence-electron chi connectivity index (χ4n) is 2.03. The summed E-state index contributed by atoms with van der Waals surface area (Å²) in [5.41, 5.74) is 0.927. The van der Waals surface area contributed by atoms with E-state index in [9.17, 15) is 8.42 Å². The number of rotatable bonds is 4. The third kappa shape index (κ3) is 3.39. The second kappa shape index (κ2) is 6.60. The molecule has 21 heavy (non-hydrogen) atoms. The summed E-state index contributed by atoms with van der Waals surface area (Å²) in [5, 5.41) is 0. The fourth-order valence-corrected chi connectivity index (χ4v) is 4.95. The van der Waals surface area contributed by atoms with E-state index in [2.05, 4.69) is 31.9 Å². The average Bonchev–Trinajstić information content (AvgIpc) is 2.46. The van der Waals surface area contributed by atoms with Crippen molar-refractivity contribution < 1.29 is 8.42 Å². The summed E-state index contributed by atoms with van der Waals surface area (Å²) in [7, 11) is -1.97. The van der Waals surface area contributed by atoms with E-state index in [0.717, 1.165) is 10.0 Å². The van der Waals surface area contributed by atoms with Gasteiger partial charge in [0.1, 0.15) is 0 Å². The molecule has 1 atom stereocenters. The molecular formula is C15H15Br2NO2S. The second-order valence-corrected chi connectivity index (χ2v) is 8.32. The zero-order valence-electron chi connectivity index (χ0n) is 11.6. The molecule has 0 spiro atoms. The summed E-state index contributed by atoms with van der Waals surface area (Å²) in [6.45, 7) is 1.87. The van der Waals surface area contributed by atoms with E-state index < -0.39 is 10.0 Å². The molecule has 0 radical (unpaired) electrons. The highest BCUT2D eigenvalue weighted by atomic mass is 79.9. The van der Waals surface area contributed by atoms with E-state index in [-0.39, 0.29) is 10.9 Å². The lowest BCUT2D eigenvalue weighted by Gasteiger charge is -2.26. The SMILES string of the molecule is CC(c1ccccc1Br)N(C)S(=O)(=O)c1ccccc1Br. The van der Waals surface area contributed by atoms with Crippen molar-refractivity contribution in [2.24, 2.45) is 0 Å². The van der Waals surface area contributed by atoms with Crippen molar-refractivity contribution in [2.45, 2.75) is 17.9 Å². The van der Waals surface area contributed by atoms with Gasteiger partial charge >= 0.3 is 0 Å². The molecule has 2 aromatic rings. The molecule has 3 nitrogen and oxygen atoms in total. The molecule has 0 aromatic heterocycles. The van der Waals surface area contributed by atoms with Crippen LogP contribution >= 0.6 is 31.9 Å². The topological polar surface area (TPSA) is 37.4 Å². The van der Waals surface area contributed by atoms with Crippen molar-refractivity contribution in [3.8, 4) is 0 Å². The molecule has 0 aliphatic rings. The highest BCUT2D eigenvalue weighted by Gasteiger charge is 2.28. The molecule has 2 aromatic carbocycles. The van der Waals surface area contributed by atoms with Crippen LogP contribution in [-0.2, 0) is 10.0 Å². The van der Waals surface area contributed by atoms with Gasteiger partial charge in [0, 0.05) is 22.0 Å². The molecule has 0 heterocycles. The van der Waals surface area contributed by atoms with Crippen LogP contribution < -0.4 is 0 Å². The highest BCUT2D eigenvalue weighted by Crippen LogP contribution is 2.32. The molecule has 0 aliphatic carbocycles. The van der Waals surface area contributed by atoms with Crippen molar-refractivity contribution in [1.29, 1.82) is 0 Å². The first-order valence-corrected chi connectivity index (χ1v) is 9.35. The van der Waals surface area contributed by atoms with Gasteiger partial charge in [0.25, 0.3) is 0 Å². The van der Waals surface area contributed by atoms with E-state index in [4.69, 9.17) is 0 Å². The van der Waals surface area contributed by atoms with Crippen molar-refractivity contribution in [1.82, 2.24) is 4.31 Å². The number of benzene rings is 2. The molecule has 2 rings (SSSR count). The Morgan fingerprint density at radius 2 is 1.48 bits per heavy atom. The van der Waals surface area contributed by atoms with E-state index in [1.54, 1.807) is 31.3 Å². The van der Waals surface area contributed by atoms with Gasteiger partial charge in [-0.1, -0.05) is 46.3 Å². The van der Waals surface area contributed by atoms with Crippen LogP contribution in [0.3, 0.4) is 0 Å². The van der Waals surface area contributed by atoms with Gasteiger partial charge < -0.3 is 0 Å². The average molecular weight is 433 g/mol. The van der Waals surface area contributed by atoms with Crippen LogP contribution in [0, 0.1) is 0 Å². The fraction of sp³-hybridized carbons (Fsp3) is 0.200. The Hall–Kier alpha value is -0.690. The van der Waals surface area contributed by atoms with Crippen LogP contribution in [0.4, 0.5) is 0 Å². The number of hydrogen-bond donors (Lipinski definition) is 0. The van der Waals surface area contributed by atoms with Gasteiger partial charge in [-0.3, -0.25) is 0 Å². The van der Waals surface area contributed by atoms with Gasteiger partial charge in [0.2, 0.25) is 10.0 Å². The van der Waals surface area contributed by atoms with Gasteiger partial charge in [-0.15, -0.1) is 0 Å². The molecule has 0 amide bonds. The Morgan fingerprint density at radius 3 is 2.05 bits per heavy atom. The third-order valence-corrected chi connectivity index (χ3v) is 7.06. The first kappa shape index (κ1) is 16.7. The zero-order valence-corrected chi connectivity index (χ0v) is 15.6. The molecule has 6 heteroatoms. The van der Waals surface area contributed by atoms with E-state index in [0.29, 0.717) is 4.47 Å². The van der Waals surface area contributed by atoms with Crippen molar-refractivity contribution in [2.75, 3.05) is 7.05 Å². The Bertz CT molecular complexity index is 747. The highest BCUT2D eigenvalue weighted by molar-refractivity contribution is 9.10. The molecular weight excluding hydrogens is 418 g/mol. The van der Waals surface area contributed by atoms with Crippen LogP contribution in [0.2, 0.25) is 0 Å². The number of nitrogens with zero attached hydrogens (tertiary/aromatic N) is 1. The Labute approximate surface area is 142 Å². The maximum atomic E-state index is 12.8. The normalized spacial score (nSPS) is 13.4. The molecule has 1 unspecified atom stereocenters. The van der Waals surface area contributed by atoms with E-state index in [1.807, 2.05) is 31.2 Å². The molecule has 0 saturated heterocycles. The molecule has 0 aliphatic heterocycles. The quantitative estimate of drug-likeness (QED) is 0.708. The summed E-state index contributed by atoms with van der Waals surface area (Å²) in [6.07, 6.45) is 0. The number of halogens is 2. The smallest absolute Gasteiger partial charge is 0.207 e. The number of sulfonamides is 1. The van der Waals surface area contributed by atoms with Crippen LogP contribution in [0.1, 0.15) is 18.5 Å². The van der Waals surface area contributed by atoms with Gasteiger partial charge in [-0.2, -0.15) is 4.31 Å². The third-order valence-electron chi connectivity index (χ3n) is 3.39. The maximum Gasteiger partial charge on any atom is 0.244 e. The lowest BCUT2D eigenvalue weighted by molar-refractivity contribution is 0.397. The summed E-state index contributed by atoms with van der Waals surface area (Å²) < 4.78 is 28.4. The lowest BCUT2D eigenvalue weighted by atomic mass is 10.1. The van der Waals surface area contributed by atoms with Crippen molar-refractivity contribution in [3.05, 3.63) is 63.0 Å². The molecule has 0 fully saturated rings. The predicted molar refractivity (Wildman–Crippen MR) is 91.6 cm³/mol. The number of hydrogen-bond acceptors (Lipinski definition) is 2. The van der Waals surface area contributed by atoms with Crippen molar-refractivity contribution in [3.63, 3.8) is 0 Å². The summed E-state index contributed by atoms with van der Waals surface area (Å²) in [6, 6.07) is 14.2. The Kier molecular flexibility index (Phi) is 5.24. The Morgan fingerprint density at radius 1 is 0.952 bits per heavy atom. The largest absolute Gasteiger partial charge is 0.244 e. The molecule has 0 bridgehead atoms. The minimum Gasteiger partial charge on any atom is -0.207 e. The Balaban J connectivity index is 2.42. The van der Waals surface area contributed by atoms with Crippen LogP contribution in [0.25, 0.3) is 0 Å². The van der Waals surface area contributed by atoms with Gasteiger partial charge in [-0.25, -0.2) is 8.42 Å². The monoisotopic (exact) mass is 431 g/mol. The maximum absolute atomic E-state index is 12.8. The summed E-state index contributed by atoms with van der Waals surface area (Å²) in [4.78, 5) is 0.270. The first-order chi connectivity index (χ1) is 9.85. The van der Waals surface area contributed by atoms with Gasteiger partial charge in [0.15, 0.2) is 0 Å². The molecule has 0 N–H and O–H groups in total. The van der Waals surface area contributed by atoms with Crippen LogP contribution in [0.5, 0.6) is 0 Å². The standard InChI is InChI=1S/C15H15Br2NO2S/c1-11(12-7-3-4-8-13(12)16)18(2)21(19,20)15-10-6-5-9-14(15)17/h3-11H,1-2H3. The first-order valence-electron chi connectivity index (χ1n) is 6.32. The molecule has 0 saturated carbocycles. The van der Waals surface area contributed by atoms with Crippen molar-refractivity contribution >= 4 is 41.9 Å². The lowest BCUT2D eigenvalue weighted by Crippen LogP contribution is -2.30. The van der Waals surface area contributed by atoms with E-state index >= 15 is 0 Å². The molecule has 112 valence electrons. The summed E-state index contributed by atoms with van der Waals surface area (Å²) >= 11 is 6.78. The predicted octanol–water partition coefficient (Wildman–Crippen LogP) is 4.59. The van der Waals surface area contributed by atoms with E-state index in [1.165, 1.54) is 4.31 Å². The van der Waals surface area contributed by atoms with Gasteiger partial charge in [0.05, 0.1) is 4.90 Å². The minimum absolute atomic E-state index is 0.270. The second-order valence-electron chi connectivity index (χ2n) is 4.65.